The number of amides is 1. The lowest BCUT2D eigenvalue weighted by Crippen LogP contribution is -2.22. The Morgan fingerprint density at radius 2 is 2.38 bits per heavy atom. The van der Waals surface area contributed by atoms with Gasteiger partial charge in [-0.2, -0.15) is 0 Å². The van der Waals surface area contributed by atoms with Gasteiger partial charge in [-0.25, -0.2) is 4.39 Å². The molecule has 0 spiro atoms. The highest BCUT2D eigenvalue weighted by Crippen LogP contribution is 2.18. The molecule has 0 heterocycles. The van der Waals surface area contributed by atoms with E-state index in [0.717, 1.165) is 6.07 Å². The quantitative estimate of drug-likeness (QED) is 0.784. The predicted octanol–water partition coefficient (Wildman–Crippen LogP) is 1.59. The van der Waals surface area contributed by atoms with Crippen molar-refractivity contribution in [1.82, 2.24) is 5.32 Å². The van der Waals surface area contributed by atoms with Gasteiger partial charge in [0.1, 0.15) is 6.61 Å². The third-order valence-corrected chi connectivity index (χ3v) is 1.84. The fourth-order valence-electron chi connectivity index (χ4n) is 1.14. The minimum atomic E-state index is -0.598. The Morgan fingerprint density at radius 3 is 2.94 bits per heavy atom. The van der Waals surface area contributed by atoms with Crippen LogP contribution in [0.1, 0.15) is 17.3 Å². The first-order chi connectivity index (χ1) is 7.69. The number of hydrogen-bond donors (Lipinski definition) is 1. The first kappa shape index (κ1) is 12.1. The molecule has 0 radical (unpaired) electrons. The van der Waals surface area contributed by atoms with Crippen molar-refractivity contribution in [2.45, 2.75) is 6.92 Å². The van der Waals surface area contributed by atoms with Gasteiger partial charge < -0.3 is 10.1 Å². The standard InChI is InChI=1S/C12H12FNO2/c1-3-7-16-11-6-5-9(8-10(11)13)12(15)14-4-2/h1,5-6,8H,4,7H2,2H3,(H,14,15). The first-order valence-electron chi connectivity index (χ1n) is 4.83. The van der Waals surface area contributed by atoms with E-state index in [9.17, 15) is 9.18 Å². The lowest BCUT2D eigenvalue weighted by atomic mass is 10.2. The summed E-state index contributed by atoms with van der Waals surface area (Å²) in [4.78, 5) is 11.4. The molecule has 0 fully saturated rings. The van der Waals surface area contributed by atoms with E-state index in [2.05, 4.69) is 11.2 Å². The van der Waals surface area contributed by atoms with E-state index in [4.69, 9.17) is 11.2 Å². The van der Waals surface area contributed by atoms with Gasteiger partial charge >= 0.3 is 0 Å². The Hall–Kier alpha value is -2.02. The molecule has 1 N–H and O–H groups in total. The molecule has 0 aliphatic heterocycles. The molecule has 0 atom stereocenters. The van der Waals surface area contributed by atoms with E-state index in [0.29, 0.717) is 6.54 Å². The average Bonchev–Trinajstić information content (AvgIpc) is 2.27. The molecule has 84 valence electrons. The summed E-state index contributed by atoms with van der Waals surface area (Å²) in [5.41, 5.74) is 0.257. The Morgan fingerprint density at radius 1 is 1.62 bits per heavy atom. The van der Waals surface area contributed by atoms with Crippen LogP contribution in [-0.4, -0.2) is 19.1 Å². The van der Waals surface area contributed by atoms with Crippen LogP contribution >= 0.6 is 0 Å². The maximum atomic E-state index is 13.4. The molecule has 1 amide bonds. The highest BCUT2D eigenvalue weighted by molar-refractivity contribution is 5.94. The van der Waals surface area contributed by atoms with Crippen LogP contribution in [-0.2, 0) is 0 Å². The normalized spacial score (nSPS) is 9.31. The topological polar surface area (TPSA) is 38.3 Å². The Bertz CT molecular complexity index is 424. The predicted molar refractivity (Wildman–Crippen MR) is 58.7 cm³/mol. The second kappa shape index (κ2) is 5.76. The number of benzene rings is 1. The number of halogens is 1. The molecule has 0 aliphatic carbocycles. The summed E-state index contributed by atoms with van der Waals surface area (Å²) in [6.07, 6.45) is 4.98. The lowest BCUT2D eigenvalue weighted by molar-refractivity contribution is 0.0955. The van der Waals surface area contributed by atoms with Crippen molar-refractivity contribution in [3.63, 3.8) is 0 Å². The number of nitrogens with one attached hydrogen (secondary N) is 1. The third kappa shape index (κ3) is 2.99. The lowest BCUT2D eigenvalue weighted by Gasteiger charge is -2.06. The maximum Gasteiger partial charge on any atom is 0.251 e. The number of hydrogen-bond acceptors (Lipinski definition) is 2. The van der Waals surface area contributed by atoms with Crippen molar-refractivity contribution in [3.8, 4) is 18.1 Å². The van der Waals surface area contributed by atoms with Gasteiger partial charge in [0.25, 0.3) is 5.91 Å². The fraction of sp³-hybridized carbons (Fsp3) is 0.250. The molecule has 0 aromatic heterocycles. The van der Waals surface area contributed by atoms with Gasteiger partial charge in [0.15, 0.2) is 11.6 Å². The summed E-state index contributed by atoms with van der Waals surface area (Å²) >= 11 is 0. The Kier molecular flexibility index (Phi) is 4.34. The van der Waals surface area contributed by atoms with Gasteiger partial charge in [0.2, 0.25) is 0 Å². The second-order valence-electron chi connectivity index (χ2n) is 3.00. The monoisotopic (exact) mass is 221 g/mol. The van der Waals surface area contributed by atoms with E-state index in [1.165, 1.54) is 12.1 Å². The zero-order valence-corrected chi connectivity index (χ0v) is 8.92. The number of terminal acetylenes is 1. The molecule has 0 unspecified atom stereocenters. The van der Waals surface area contributed by atoms with Crippen LogP contribution in [0.25, 0.3) is 0 Å². The first-order valence-corrected chi connectivity index (χ1v) is 4.83. The van der Waals surface area contributed by atoms with Crippen LogP contribution in [0.4, 0.5) is 4.39 Å². The van der Waals surface area contributed by atoms with E-state index in [1.807, 2.05) is 0 Å². The smallest absolute Gasteiger partial charge is 0.251 e. The van der Waals surface area contributed by atoms with Crippen LogP contribution in [0.5, 0.6) is 5.75 Å². The number of carbonyl (C=O) groups excluding carboxylic acids is 1. The van der Waals surface area contributed by atoms with Gasteiger partial charge in [-0.1, -0.05) is 5.92 Å². The third-order valence-electron chi connectivity index (χ3n) is 1.84. The Labute approximate surface area is 93.6 Å². The second-order valence-corrected chi connectivity index (χ2v) is 3.00. The molecular formula is C12H12FNO2. The van der Waals surface area contributed by atoms with Crippen molar-refractivity contribution < 1.29 is 13.9 Å². The van der Waals surface area contributed by atoms with Crippen LogP contribution in [0, 0.1) is 18.2 Å². The van der Waals surface area contributed by atoms with E-state index < -0.39 is 5.82 Å². The number of carbonyl (C=O) groups is 1. The summed E-state index contributed by atoms with van der Waals surface area (Å²) in [6, 6.07) is 3.99. The number of ether oxygens (including phenoxy) is 1. The maximum absolute atomic E-state index is 13.4. The minimum Gasteiger partial charge on any atom is -0.478 e. The molecule has 1 aromatic rings. The van der Waals surface area contributed by atoms with Gasteiger partial charge in [-0.3, -0.25) is 4.79 Å². The van der Waals surface area contributed by atoms with Gasteiger partial charge in [-0.05, 0) is 25.1 Å². The molecular weight excluding hydrogens is 209 g/mol. The summed E-state index contributed by atoms with van der Waals surface area (Å²) in [5, 5.41) is 2.57. The van der Waals surface area contributed by atoms with Gasteiger partial charge in [0, 0.05) is 12.1 Å². The molecule has 0 saturated heterocycles. The largest absolute Gasteiger partial charge is 0.478 e. The van der Waals surface area contributed by atoms with Crippen LogP contribution in [0.3, 0.4) is 0 Å². The van der Waals surface area contributed by atoms with E-state index >= 15 is 0 Å². The summed E-state index contributed by atoms with van der Waals surface area (Å²) in [7, 11) is 0. The van der Waals surface area contributed by atoms with Crippen LogP contribution < -0.4 is 10.1 Å². The van der Waals surface area contributed by atoms with Gasteiger partial charge in [-0.15, -0.1) is 6.42 Å². The summed E-state index contributed by atoms with van der Waals surface area (Å²) < 4.78 is 18.3. The van der Waals surface area contributed by atoms with Crippen LogP contribution in [0.2, 0.25) is 0 Å². The molecule has 1 aromatic carbocycles. The zero-order chi connectivity index (χ0) is 12.0. The minimum absolute atomic E-state index is 0.00256. The molecule has 0 aliphatic rings. The molecule has 1 rings (SSSR count). The fourth-order valence-corrected chi connectivity index (χ4v) is 1.14. The van der Waals surface area contributed by atoms with Crippen molar-refractivity contribution in [3.05, 3.63) is 29.6 Å². The van der Waals surface area contributed by atoms with Crippen LogP contribution in [0.15, 0.2) is 18.2 Å². The van der Waals surface area contributed by atoms with Crippen molar-refractivity contribution >= 4 is 5.91 Å². The molecule has 4 heteroatoms. The molecule has 0 bridgehead atoms. The number of rotatable bonds is 4. The highest BCUT2D eigenvalue weighted by Gasteiger charge is 2.09. The SMILES string of the molecule is C#CCOc1ccc(C(=O)NCC)cc1F. The average molecular weight is 221 g/mol. The highest BCUT2D eigenvalue weighted by atomic mass is 19.1. The molecule has 16 heavy (non-hydrogen) atoms. The van der Waals surface area contributed by atoms with Crippen molar-refractivity contribution in [2.75, 3.05) is 13.2 Å². The Balaban J connectivity index is 2.83. The van der Waals surface area contributed by atoms with E-state index in [1.54, 1.807) is 6.92 Å². The summed E-state index contributed by atoms with van der Waals surface area (Å²) in [6.45, 7) is 2.28. The summed E-state index contributed by atoms with van der Waals surface area (Å²) in [5.74, 6) is 1.37. The van der Waals surface area contributed by atoms with Crippen molar-refractivity contribution in [1.29, 1.82) is 0 Å². The molecule has 0 saturated carbocycles. The van der Waals surface area contributed by atoms with Gasteiger partial charge in [0.05, 0.1) is 0 Å². The van der Waals surface area contributed by atoms with Crippen molar-refractivity contribution in [2.24, 2.45) is 0 Å². The molecule has 3 nitrogen and oxygen atoms in total. The zero-order valence-electron chi connectivity index (χ0n) is 8.92. The van der Waals surface area contributed by atoms with E-state index in [-0.39, 0.29) is 23.8 Å².